The van der Waals surface area contributed by atoms with Gasteiger partial charge >= 0.3 is 6.05 Å². The van der Waals surface area contributed by atoms with Gasteiger partial charge in [-0.1, -0.05) is 11.6 Å². The van der Waals surface area contributed by atoms with E-state index in [1.165, 1.54) is 23.3 Å². The number of aromatic amines is 2. The van der Waals surface area contributed by atoms with E-state index in [1.807, 2.05) is 0 Å². The lowest BCUT2D eigenvalue weighted by atomic mass is 10.1. The van der Waals surface area contributed by atoms with Crippen LogP contribution in [0.1, 0.15) is 5.56 Å². The minimum atomic E-state index is -4.66. The lowest BCUT2D eigenvalue weighted by molar-refractivity contribution is -0.0563. The molecular weight excluding hydrogens is 437 g/mol. The van der Waals surface area contributed by atoms with Gasteiger partial charge in [0.1, 0.15) is 10.9 Å². The van der Waals surface area contributed by atoms with Crippen molar-refractivity contribution in [2.75, 3.05) is 0 Å². The number of H-pyrrole nitrogens is 2. The molecule has 2 aromatic carbocycles. The molecule has 0 bridgehead atoms. The second-order valence-electron chi connectivity index (χ2n) is 6.24. The van der Waals surface area contributed by atoms with Crippen LogP contribution in [0.25, 0.3) is 21.8 Å². The van der Waals surface area contributed by atoms with Crippen LogP contribution in [0.2, 0.25) is 5.02 Å². The molecule has 154 valence electrons. The molecule has 0 aliphatic carbocycles. The number of hydrogen-bond donors (Lipinski definition) is 2. The van der Waals surface area contributed by atoms with Crippen molar-refractivity contribution in [3.63, 3.8) is 0 Å². The Morgan fingerprint density at radius 1 is 0.967 bits per heavy atom. The Morgan fingerprint density at radius 2 is 1.67 bits per heavy atom. The molecule has 4 aromatic rings. The fourth-order valence-corrected chi connectivity index (χ4v) is 3.21. The van der Waals surface area contributed by atoms with Crippen molar-refractivity contribution in [2.45, 2.75) is 6.05 Å². The summed E-state index contributed by atoms with van der Waals surface area (Å²) in [6.07, 6.45) is 0. The minimum absolute atomic E-state index is 0.0704. The number of alkyl halides is 2. The summed E-state index contributed by atoms with van der Waals surface area (Å²) < 4.78 is 69.6. The molecule has 0 saturated heterocycles. The van der Waals surface area contributed by atoms with Crippen LogP contribution >= 0.6 is 11.6 Å². The second-order valence-corrected chi connectivity index (χ2v) is 6.68. The van der Waals surface area contributed by atoms with Gasteiger partial charge in [-0.05, 0) is 30.3 Å². The summed E-state index contributed by atoms with van der Waals surface area (Å²) in [6.45, 7) is 0. The molecule has 0 aliphatic rings. The van der Waals surface area contributed by atoms with Gasteiger partial charge in [0.25, 0.3) is 11.1 Å². The predicted molar refractivity (Wildman–Crippen MR) is 97.6 cm³/mol. The average molecular weight is 444 g/mol. The summed E-state index contributed by atoms with van der Waals surface area (Å²) in [5.41, 5.74) is -6.31. The van der Waals surface area contributed by atoms with Gasteiger partial charge < -0.3 is 4.98 Å². The molecule has 0 spiro atoms. The zero-order valence-electron chi connectivity index (χ0n) is 14.3. The lowest BCUT2D eigenvalue weighted by Gasteiger charge is -2.20. The van der Waals surface area contributed by atoms with E-state index in [2.05, 4.69) is 4.98 Å². The van der Waals surface area contributed by atoms with Crippen LogP contribution in [0, 0.1) is 17.5 Å². The molecule has 12 heteroatoms. The summed E-state index contributed by atoms with van der Waals surface area (Å²) in [5, 5.41) is 0.679. The molecule has 0 saturated carbocycles. The zero-order valence-corrected chi connectivity index (χ0v) is 15.1. The van der Waals surface area contributed by atoms with Crippen LogP contribution in [0.4, 0.5) is 22.0 Å². The number of halogens is 6. The molecule has 4 rings (SSSR count). The van der Waals surface area contributed by atoms with E-state index in [-0.39, 0.29) is 28.1 Å². The van der Waals surface area contributed by atoms with Crippen LogP contribution in [0.3, 0.4) is 0 Å². The molecular formula is C18H7ClF5N3O3. The van der Waals surface area contributed by atoms with E-state index in [1.54, 1.807) is 0 Å². The monoisotopic (exact) mass is 443 g/mol. The number of benzene rings is 2. The van der Waals surface area contributed by atoms with Gasteiger partial charge in [0.15, 0.2) is 17.5 Å². The Labute approximate surface area is 166 Å². The molecule has 0 atom stereocenters. The lowest BCUT2D eigenvalue weighted by Crippen LogP contribution is -2.43. The number of fused-ring (bicyclic) bond motifs is 2. The van der Waals surface area contributed by atoms with Crippen molar-refractivity contribution in [2.24, 2.45) is 0 Å². The van der Waals surface area contributed by atoms with Crippen LogP contribution in [-0.4, -0.2) is 14.8 Å². The number of hydrogen-bond acceptors (Lipinski definition) is 3. The normalized spacial score (nSPS) is 12.1. The Morgan fingerprint density at radius 3 is 2.37 bits per heavy atom. The maximum absolute atomic E-state index is 14.9. The maximum atomic E-state index is 14.9. The third-order valence-electron chi connectivity index (χ3n) is 4.46. The first-order valence-electron chi connectivity index (χ1n) is 8.07. The van der Waals surface area contributed by atoms with Crippen LogP contribution < -0.4 is 16.5 Å². The number of nitrogens with zero attached hydrogens (tertiary/aromatic N) is 1. The summed E-state index contributed by atoms with van der Waals surface area (Å²) in [6, 6.07) is -0.403. The third-order valence-corrected chi connectivity index (χ3v) is 4.70. The summed E-state index contributed by atoms with van der Waals surface area (Å²) >= 11 is 5.82. The first kappa shape index (κ1) is 19.8. The summed E-state index contributed by atoms with van der Waals surface area (Å²) in [5.74, 6) is -6.17. The van der Waals surface area contributed by atoms with Gasteiger partial charge in [0.05, 0.1) is 11.1 Å². The van der Waals surface area contributed by atoms with Gasteiger partial charge in [-0.25, -0.2) is 13.2 Å². The Bertz CT molecular complexity index is 1540. The third kappa shape index (κ3) is 2.73. The quantitative estimate of drug-likeness (QED) is 0.283. The molecule has 2 N–H and O–H groups in total. The molecule has 2 aromatic heterocycles. The summed E-state index contributed by atoms with van der Waals surface area (Å²) in [4.78, 5) is 40.2. The first-order valence-corrected chi connectivity index (χ1v) is 8.44. The zero-order chi connectivity index (χ0) is 22.0. The SMILES string of the molecule is O=c1[nH]n(C(F)(F)c2ccc(F)c(F)c2F)c(=O)c2c(=O)c3ccc(Cl)cc3[nH]c12. The van der Waals surface area contributed by atoms with Crippen LogP contribution in [0.15, 0.2) is 44.7 Å². The molecule has 0 radical (unpaired) electrons. The van der Waals surface area contributed by atoms with Crippen molar-refractivity contribution in [1.29, 1.82) is 0 Å². The molecule has 6 nitrogen and oxygen atoms in total. The largest absolute Gasteiger partial charge is 0.375 e. The van der Waals surface area contributed by atoms with E-state index >= 15 is 0 Å². The molecule has 0 aliphatic heterocycles. The molecule has 30 heavy (non-hydrogen) atoms. The second kappa shape index (κ2) is 6.52. The van der Waals surface area contributed by atoms with E-state index in [0.717, 1.165) is 0 Å². The highest BCUT2D eigenvalue weighted by Gasteiger charge is 2.41. The van der Waals surface area contributed by atoms with Gasteiger partial charge in [-0.2, -0.15) is 13.5 Å². The predicted octanol–water partition coefficient (Wildman–Crippen LogP) is 3.20. The van der Waals surface area contributed by atoms with Crippen molar-refractivity contribution in [1.82, 2.24) is 14.8 Å². The van der Waals surface area contributed by atoms with Crippen molar-refractivity contribution < 1.29 is 22.0 Å². The van der Waals surface area contributed by atoms with Gasteiger partial charge in [0.2, 0.25) is 5.43 Å². The van der Waals surface area contributed by atoms with Crippen LogP contribution in [-0.2, 0) is 6.05 Å². The number of pyridine rings is 1. The topological polar surface area (TPSA) is 87.7 Å². The van der Waals surface area contributed by atoms with E-state index in [0.29, 0.717) is 0 Å². The highest BCUT2D eigenvalue weighted by molar-refractivity contribution is 6.31. The van der Waals surface area contributed by atoms with Crippen LogP contribution in [0.5, 0.6) is 0 Å². The first-order chi connectivity index (χ1) is 14.0. The number of nitrogens with one attached hydrogen (secondary N) is 2. The Kier molecular flexibility index (Phi) is 4.31. The standard InChI is InChI=1S/C18H7ClF5N3O3/c19-6-1-2-7-10(5-6)25-14-11(15(7)28)17(30)27(26-16(14)29)18(23,24)8-3-4-9(20)13(22)12(8)21/h1-5H,(H,25,28)(H,26,29). The van der Waals surface area contributed by atoms with E-state index in [4.69, 9.17) is 11.6 Å². The molecule has 2 heterocycles. The molecule has 0 unspecified atom stereocenters. The molecule has 0 amide bonds. The number of rotatable bonds is 2. The highest BCUT2D eigenvalue weighted by atomic mass is 35.5. The van der Waals surface area contributed by atoms with Crippen molar-refractivity contribution in [3.05, 3.63) is 89.3 Å². The smallest absolute Gasteiger partial charge is 0.350 e. The Balaban J connectivity index is 2.11. The van der Waals surface area contributed by atoms with Gasteiger partial charge in [-0.3, -0.25) is 19.5 Å². The van der Waals surface area contributed by atoms with Gasteiger partial charge in [-0.15, -0.1) is 0 Å². The fourth-order valence-electron chi connectivity index (χ4n) is 3.03. The number of aromatic nitrogens is 3. The summed E-state index contributed by atoms with van der Waals surface area (Å²) in [7, 11) is 0. The Hall–Kier alpha value is -3.47. The maximum Gasteiger partial charge on any atom is 0.375 e. The fraction of sp³-hybridized carbons (Fsp3) is 0.0556. The minimum Gasteiger partial charge on any atom is -0.350 e. The van der Waals surface area contributed by atoms with Crippen molar-refractivity contribution >= 4 is 33.4 Å². The highest BCUT2D eigenvalue weighted by Crippen LogP contribution is 2.31. The van der Waals surface area contributed by atoms with Gasteiger partial charge in [0, 0.05) is 10.4 Å². The van der Waals surface area contributed by atoms with E-state index in [9.17, 15) is 36.3 Å². The van der Waals surface area contributed by atoms with E-state index < -0.39 is 61.2 Å². The molecule has 0 fully saturated rings. The van der Waals surface area contributed by atoms with Crippen molar-refractivity contribution in [3.8, 4) is 0 Å². The average Bonchev–Trinajstić information content (AvgIpc) is 2.68.